The van der Waals surface area contributed by atoms with Crippen molar-refractivity contribution < 1.29 is 13.6 Å². The third-order valence-corrected chi connectivity index (χ3v) is 5.13. The summed E-state index contributed by atoms with van der Waals surface area (Å²) in [5, 5.41) is 3.00. The molecular weight excluding hydrogens is 346 g/mol. The number of fused-ring (bicyclic) bond motifs is 1. The lowest BCUT2D eigenvalue weighted by Crippen LogP contribution is -2.37. The van der Waals surface area contributed by atoms with Gasteiger partial charge in [-0.05, 0) is 46.9 Å². The summed E-state index contributed by atoms with van der Waals surface area (Å²) >= 11 is 0. The highest BCUT2D eigenvalue weighted by molar-refractivity contribution is 6.11. The van der Waals surface area contributed by atoms with Gasteiger partial charge in [-0.25, -0.2) is 8.78 Å². The summed E-state index contributed by atoms with van der Waals surface area (Å²) in [6.07, 6.45) is 3.40. The second kappa shape index (κ2) is 6.27. The van der Waals surface area contributed by atoms with Crippen molar-refractivity contribution in [1.82, 2.24) is 4.98 Å². The number of halogens is 2. The first kappa shape index (κ1) is 17.3. The van der Waals surface area contributed by atoms with Gasteiger partial charge in [-0.15, -0.1) is 0 Å². The molecule has 1 N–H and O–H groups in total. The van der Waals surface area contributed by atoms with Crippen LogP contribution in [-0.2, 0) is 10.2 Å². The number of hydrogen-bond donors (Lipinski definition) is 1. The van der Waals surface area contributed by atoms with E-state index < -0.39 is 5.41 Å². The van der Waals surface area contributed by atoms with E-state index in [9.17, 15) is 13.6 Å². The minimum atomic E-state index is -1.21. The first-order valence-corrected chi connectivity index (χ1v) is 8.76. The van der Waals surface area contributed by atoms with Gasteiger partial charge in [0.1, 0.15) is 17.0 Å². The summed E-state index contributed by atoms with van der Waals surface area (Å²) in [7, 11) is 0. The van der Waals surface area contributed by atoms with Crippen LogP contribution in [0.3, 0.4) is 0 Å². The third-order valence-electron chi connectivity index (χ3n) is 5.13. The normalized spacial score (nSPS) is 14.9. The molecule has 0 radical (unpaired) electrons. The zero-order valence-electron chi connectivity index (χ0n) is 15.0. The van der Waals surface area contributed by atoms with Crippen LogP contribution in [0.1, 0.15) is 42.0 Å². The molecule has 136 valence electrons. The first-order valence-electron chi connectivity index (χ1n) is 8.76. The lowest BCUT2D eigenvalue weighted by molar-refractivity contribution is -0.118. The second-order valence-corrected chi connectivity index (χ2v) is 7.02. The van der Waals surface area contributed by atoms with Gasteiger partial charge in [0.2, 0.25) is 5.91 Å². The van der Waals surface area contributed by atoms with E-state index in [1.54, 1.807) is 36.7 Å². The van der Waals surface area contributed by atoms with Gasteiger partial charge in [0, 0.05) is 18.0 Å². The number of nitrogens with one attached hydrogen (secondary N) is 1. The number of carbonyl (C=O) groups is 1. The van der Waals surface area contributed by atoms with Crippen molar-refractivity contribution in [3.05, 3.63) is 94.8 Å². The zero-order chi connectivity index (χ0) is 19.2. The van der Waals surface area contributed by atoms with E-state index >= 15 is 0 Å². The Morgan fingerprint density at radius 2 is 1.41 bits per heavy atom. The number of rotatable bonds is 3. The molecular formula is C22H18F2N2O. The van der Waals surface area contributed by atoms with Crippen molar-refractivity contribution in [3.8, 4) is 0 Å². The number of amides is 1. The standard InChI is InChI=1S/C22H18F2N2O/c1-13(2)18-11-25-12-19-20(18)26-21(27)22(19,14-3-7-16(23)8-4-14)15-5-9-17(24)10-6-15/h3-13H,1-2H3,(H,26,27). The molecule has 0 saturated heterocycles. The maximum atomic E-state index is 13.6. The number of anilines is 1. The summed E-state index contributed by atoms with van der Waals surface area (Å²) < 4.78 is 27.1. The SMILES string of the molecule is CC(C)c1cncc2c1NC(=O)C2(c1ccc(F)cc1)c1ccc(F)cc1. The molecule has 0 unspecified atom stereocenters. The summed E-state index contributed by atoms with van der Waals surface area (Å²) in [6.45, 7) is 4.05. The number of hydrogen-bond acceptors (Lipinski definition) is 2. The summed E-state index contributed by atoms with van der Waals surface area (Å²) in [6, 6.07) is 11.7. The fourth-order valence-corrected chi connectivity index (χ4v) is 3.81. The number of carbonyl (C=O) groups excluding carboxylic acids is 1. The highest BCUT2D eigenvalue weighted by atomic mass is 19.1. The Kier molecular flexibility index (Phi) is 4.02. The molecule has 4 rings (SSSR count). The smallest absolute Gasteiger partial charge is 0.244 e. The molecule has 0 fully saturated rings. The van der Waals surface area contributed by atoms with Gasteiger partial charge in [0.05, 0.1) is 5.69 Å². The Balaban J connectivity index is 2.07. The van der Waals surface area contributed by atoms with Gasteiger partial charge in [0.15, 0.2) is 0 Å². The van der Waals surface area contributed by atoms with Crippen LogP contribution in [0, 0.1) is 11.6 Å². The summed E-state index contributed by atoms with van der Waals surface area (Å²) in [4.78, 5) is 17.7. The first-order chi connectivity index (χ1) is 12.9. The van der Waals surface area contributed by atoms with Crippen LogP contribution in [0.2, 0.25) is 0 Å². The lowest BCUT2D eigenvalue weighted by atomic mass is 9.70. The molecule has 0 atom stereocenters. The van der Waals surface area contributed by atoms with Crippen LogP contribution < -0.4 is 5.32 Å². The number of pyridine rings is 1. The second-order valence-electron chi connectivity index (χ2n) is 7.02. The van der Waals surface area contributed by atoms with Crippen molar-refractivity contribution in [2.75, 3.05) is 5.32 Å². The summed E-state index contributed by atoms with van der Waals surface area (Å²) in [5.74, 6) is -0.878. The maximum absolute atomic E-state index is 13.6. The average Bonchev–Trinajstić information content (AvgIpc) is 2.95. The lowest BCUT2D eigenvalue weighted by Gasteiger charge is -2.29. The van der Waals surface area contributed by atoms with Crippen LogP contribution >= 0.6 is 0 Å². The van der Waals surface area contributed by atoms with Gasteiger partial charge in [-0.2, -0.15) is 0 Å². The van der Waals surface area contributed by atoms with E-state index in [4.69, 9.17) is 0 Å². The average molecular weight is 364 g/mol. The molecule has 1 aliphatic heterocycles. The van der Waals surface area contributed by atoms with Crippen molar-refractivity contribution in [3.63, 3.8) is 0 Å². The van der Waals surface area contributed by atoms with Crippen LogP contribution in [0.5, 0.6) is 0 Å². The third kappa shape index (κ3) is 2.53. The Hall–Kier alpha value is -3.08. The minimum Gasteiger partial charge on any atom is -0.324 e. The van der Waals surface area contributed by atoms with E-state index in [1.807, 2.05) is 13.8 Å². The predicted octanol–water partition coefficient (Wildman–Crippen LogP) is 4.77. The van der Waals surface area contributed by atoms with Crippen LogP contribution in [0.4, 0.5) is 14.5 Å². The topological polar surface area (TPSA) is 42.0 Å². The van der Waals surface area contributed by atoms with Crippen molar-refractivity contribution in [2.24, 2.45) is 0 Å². The molecule has 1 amide bonds. The van der Waals surface area contributed by atoms with Crippen molar-refractivity contribution >= 4 is 11.6 Å². The molecule has 3 nitrogen and oxygen atoms in total. The van der Waals surface area contributed by atoms with E-state index in [0.717, 1.165) is 11.3 Å². The van der Waals surface area contributed by atoms with Crippen LogP contribution in [0.25, 0.3) is 0 Å². The van der Waals surface area contributed by atoms with E-state index in [0.29, 0.717) is 16.7 Å². The van der Waals surface area contributed by atoms with E-state index in [2.05, 4.69) is 10.3 Å². The molecule has 5 heteroatoms. The number of nitrogens with zero attached hydrogens (tertiary/aromatic N) is 1. The highest BCUT2D eigenvalue weighted by Crippen LogP contribution is 2.49. The molecule has 0 aliphatic carbocycles. The van der Waals surface area contributed by atoms with Gasteiger partial charge in [-0.1, -0.05) is 38.1 Å². The van der Waals surface area contributed by atoms with Crippen LogP contribution in [-0.4, -0.2) is 10.9 Å². The van der Waals surface area contributed by atoms with Crippen molar-refractivity contribution in [2.45, 2.75) is 25.2 Å². The Morgan fingerprint density at radius 1 is 0.889 bits per heavy atom. The zero-order valence-corrected chi connectivity index (χ0v) is 15.0. The van der Waals surface area contributed by atoms with E-state index in [-0.39, 0.29) is 23.5 Å². The largest absolute Gasteiger partial charge is 0.324 e. The van der Waals surface area contributed by atoms with E-state index in [1.165, 1.54) is 24.3 Å². The van der Waals surface area contributed by atoms with Gasteiger partial charge >= 0.3 is 0 Å². The van der Waals surface area contributed by atoms with Gasteiger partial charge in [-0.3, -0.25) is 9.78 Å². The molecule has 1 aromatic heterocycles. The van der Waals surface area contributed by atoms with Gasteiger partial charge < -0.3 is 5.32 Å². The number of aromatic nitrogens is 1. The van der Waals surface area contributed by atoms with Gasteiger partial charge in [0.25, 0.3) is 0 Å². The molecule has 3 aromatic rings. The monoisotopic (exact) mass is 364 g/mol. The quantitative estimate of drug-likeness (QED) is 0.727. The van der Waals surface area contributed by atoms with Crippen molar-refractivity contribution in [1.29, 1.82) is 0 Å². The molecule has 27 heavy (non-hydrogen) atoms. The fourth-order valence-electron chi connectivity index (χ4n) is 3.81. The molecule has 0 spiro atoms. The fraction of sp³-hybridized carbons (Fsp3) is 0.182. The molecule has 2 heterocycles. The Morgan fingerprint density at radius 3 is 1.89 bits per heavy atom. The minimum absolute atomic E-state index is 0.157. The summed E-state index contributed by atoms with van der Waals surface area (Å²) in [5.41, 5.74) is 2.33. The van der Waals surface area contributed by atoms with Crippen LogP contribution in [0.15, 0.2) is 60.9 Å². The molecule has 0 saturated carbocycles. The molecule has 1 aliphatic rings. The maximum Gasteiger partial charge on any atom is 0.244 e. The predicted molar refractivity (Wildman–Crippen MR) is 99.6 cm³/mol. The Bertz CT molecular complexity index is 966. The highest BCUT2D eigenvalue weighted by Gasteiger charge is 2.50. The molecule has 2 aromatic carbocycles. The Labute approximate surface area is 156 Å². The number of benzene rings is 2. The molecule has 0 bridgehead atoms.